The van der Waals surface area contributed by atoms with Gasteiger partial charge in [0.25, 0.3) is 0 Å². The number of likely N-dealkylation sites (N-methyl/N-ethyl adjacent to an activating group) is 2. The molecular weight excluding hydrogens is 250 g/mol. The van der Waals surface area contributed by atoms with E-state index in [0.717, 1.165) is 18.8 Å². The zero-order valence-electron chi connectivity index (χ0n) is 13.3. The minimum Gasteiger partial charge on any atom is -0.362 e. The van der Waals surface area contributed by atoms with Gasteiger partial charge in [-0.25, -0.2) is 0 Å². The Hall–Kier alpha value is -1.55. The number of amides is 1. The zero-order valence-corrected chi connectivity index (χ0v) is 13.3. The number of rotatable bonds is 7. The van der Waals surface area contributed by atoms with E-state index in [0.29, 0.717) is 12.6 Å². The lowest BCUT2D eigenvalue weighted by Crippen LogP contribution is -2.35. The molecule has 0 saturated carbocycles. The normalized spacial score (nSPS) is 10.7. The monoisotopic (exact) mass is 277 g/mol. The highest BCUT2D eigenvalue weighted by molar-refractivity contribution is 5.81. The molecule has 0 heterocycles. The summed E-state index contributed by atoms with van der Waals surface area (Å²) >= 11 is 0. The second kappa shape index (κ2) is 7.90. The molecule has 0 fully saturated rings. The summed E-state index contributed by atoms with van der Waals surface area (Å²) in [5.74, 6) is 0.0371. The summed E-state index contributed by atoms with van der Waals surface area (Å²) in [5.41, 5.74) is 3.66. The summed E-state index contributed by atoms with van der Waals surface area (Å²) < 4.78 is 0. The third-order valence-corrected chi connectivity index (χ3v) is 3.39. The topological polar surface area (TPSA) is 44.4 Å². The number of aryl methyl sites for hydroxylation is 1. The van der Waals surface area contributed by atoms with Crippen LogP contribution in [0, 0.1) is 6.92 Å². The molecule has 1 aromatic carbocycles. The molecule has 0 radical (unpaired) electrons. The van der Waals surface area contributed by atoms with Crippen molar-refractivity contribution in [1.29, 1.82) is 0 Å². The molecular formula is C16H27N3O. The first-order chi connectivity index (χ1) is 9.47. The molecule has 20 heavy (non-hydrogen) atoms. The molecule has 0 aliphatic rings. The molecule has 0 aromatic heterocycles. The largest absolute Gasteiger partial charge is 0.362 e. The lowest BCUT2D eigenvalue weighted by Gasteiger charge is -2.23. The quantitative estimate of drug-likeness (QED) is 0.802. The van der Waals surface area contributed by atoms with E-state index in [4.69, 9.17) is 0 Å². The number of anilines is 1. The van der Waals surface area contributed by atoms with Crippen LogP contribution in [0.4, 0.5) is 5.69 Å². The Labute approximate surface area is 122 Å². The molecule has 0 bridgehead atoms. The van der Waals surface area contributed by atoms with Crippen molar-refractivity contribution in [2.45, 2.75) is 40.3 Å². The van der Waals surface area contributed by atoms with Crippen LogP contribution < -0.4 is 15.5 Å². The molecule has 2 N–H and O–H groups in total. The fourth-order valence-corrected chi connectivity index (χ4v) is 2.03. The van der Waals surface area contributed by atoms with Gasteiger partial charge in [0.15, 0.2) is 0 Å². The van der Waals surface area contributed by atoms with Gasteiger partial charge in [0.1, 0.15) is 0 Å². The number of carbonyl (C=O) groups excluding carboxylic acids is 1. The summed E-state index contributed by atoms with van der Waals surface area (Å²) in [5, 5.41) is 6.10. The second-order valence-corrected chi connectivity index (χ2v) is 5.33. The first-order valence-corrected chi connectivity index (χ1v) is 7.26. The highest BCUT2D eigenvalue weighted by atomic mass is 16.1. The van der Waals surface area contributed by atoms with Crippen LogP contribution >= 0.6 is 0 Å². The maximum absolute atomic E-state index is 11.5. The average Bonchev–Trinajstić information content (AvgIpc) is 2.42. The van der Waals surface area contributed by atoms with E-state index in [9.17, 15) is 4.79 Å². The number of nitrogens with zero attached hydrogens (tertiary/aromatic N) is 1. The minimum absolute atomic E-state index is 0.0371. The Morgan fingerprint density at radius 2 is 2.05 bits per heavy atom. The number of hydrogen-bond acceptors (Lipinski definition) is 3. The van der Waals surface area contributed by atoms with E-state index < -0.39 is 0 Å². The fourth-order valence-electron chi connectivity index (χ4n) is 2.03. The third kappa shape index (κ3) is 4.85. The fraction of sp³-hybridized carbons (Fsp3) is 0.562. The van der Waals surface area contributed by atoms with Gasteiger partial charge in [-0.1, -0.05) is 19.9 Å². The highest BCUT2D eigenvalue weighted by Gasteiger charge is 2.10. The molecule has 0 spiro atoms. The molecule has 1 amide bonds. The van der Waals surface area contributed by atoms with Crippen molar-refractivity contribution in [1.82, 2.24) is 10.6 Å². The lowest BCUT2D eigenvalue weighted by molar-refractivity contribution is -0.119. The Bertz CT molecular complexity index is 443. The highest BCUT2D eigenvalue weighted by Crippen LogP contribution is 2.19. The maximum Gasteiger partial charge on any atom is 0.239 e. The van der Waals surface area contributed by atoms with Gasteiger partial charge in [-0.15, -0.1) is 0 Å². The summed E-state index contributed by atoms with van der Waals surface area (Å²) in [6, 6.07) is 6.88. The predicted octanol–water partition coefficient (Wildman–Crippen LogP) is 2.07. The van der Waals surface area contributed by atoms with Gasteiger partial charge in [-0.2, -0.15) is 0 Å². The van der Waals surface area contributed by atoms with Crippen molar-refractivity contribution in [3.63, 3.8) is 0 Å². The maximum atomic E-state index is 11.5. The van der Waals surface area contributed by atoms with Gasteiger partial charge in [-0.3, -0.25) is 4.79 Å². The first-order valence-electron chi connectivity index (χ1n) is 7.26. The number of carbonyl (C=O) groups is 1. The molecule has 4 heteroatoms. The summed E-state index contributed by atoms with van der Waals surface area (Å²) in [4.78, 5) is 13.6. The zero-order chi connectivity index (χ0) is 15.1. The van der Waals surface area contributed by atoms with Gasteiger partial charge in [-0.05, 0) is 37.1 Å². The number of benzene rings is 1. The van der Waals surface area contributed by atoms with Crippen LogP contribution in [0.15, 0.2) is 18.2 Å². The van der Waals surface area contributed by atoms with Crippen LogP contribution in [0.1, 0.15) is 31.9 Å². The smallest absolute Gasteiger partial charge is 0.239 e. The van der Waals surface area contributed by atoms with Crippen LogP contribution in [-0.2, 0) is 11.3 Å². The number of nitrogens with one attached hydrogen (secondary N) is 2. The molecule has 0 atom stereocenters. The second-order valence-electron chi connectivity index (χ2n) is 5.33. The van der Waals surface area contributed by atoms with Gasteiger partial charge < -0.3 is 15.5 Å². The van der Waals surface area contributed by atoms with Crippen molar-refractivity contribution in [3.8, 4) is 0 Å². The van der Waals surface area contributed by atoms with Gasteiger partial charge in [0.2, 0.25) is 5.91 Å². The number of hydrogen-bond donors (Lipinski definition) is 2. The van der Waals surface area contributed by atoms with Gasteiger partial charge in [0.05, 0.1) is 6.54 Å². The van der Waals surface area contributed by atoms with Crippen LogP contribution in [0.25, 0.3) is 0 Å². The van der Waals surface area contributed by atoms with E-state index in [-0.39, 0.29) is 5.91 Å². The first kappa shape index (κ1) is 16.5. The van der Waals surface area contributed by atoms with Crippen LogP contribution in [0.2, 0.25) is 0 Å². The lowest BCUT2D eigenvalue weighted by atomic mass is 10.1. The molecule has 0 saturated heterocycles. The molecule has 1 rings (SSSR count). The van der Waals surface area contributed by atoms with E-state index in [2.05, 4.69) is 61.4 Å². The third-order valence-electron chi connectivity index (χ3n) is 3.39. The molecule has 0 unspecified atom stereocenters. The Morgan fingerprint density at radius 3 is 2.55 bits per heavy atom. The minimum atomic E-state index is 0.0371. The van der Waals surface area contributed by atoms with E-state index in [1.807, 2.05) is 0 Å². The van der Waals surface area contributed by atoms with Crippen molar-refractivity contribution in [2.24, 2.45) is 0 Å². The molecule has 112 valence electrons. The van der Waals surface area contributed by atoms with Crippen molar-refractivity contribution < 1.29 is 4.79 Å². The van der Waals surface area contributed by atoms with Crippen molar-refractivity contribution in [3.05, 3.63) is 29.3 Å². The molecule has 0 aliphatic heterocycles. The van der Waals surface area contributed by atoms with E-state index >= 15 is 0 Å². The standard InChI is InChI=1S/C16H27N3O/c1-6-19(11-16(20)17-5)15-8-7-14(13(4)9-15)10-18-12(2)3/h7-9,12,18H,6,10-11H2,1-5H3,(H,17,20). The Balaban J connectivity index is 2.81. The Kier molecular flexibility index (Phi) is 6.52. The molecule has 0 aliphatic carbocycles. The summed E-state index contributed by atoms with van der Waals surface area (Å²) in [6.45, 7) is 10.6. The molecule has 1 aromatic rings. The van der Waals surface area contributed by atoms with Gasteiger partial charge >= 0.3 is 0 Å². The SMILES string of the molecule is CCN(CC(=O)NC)c1ccc(CNC(C)C)c(C)c1. The molecule has 4 nitrogen and oxygen atoms in total. The van der Waals surface area contributed by atoms with E-state index in [1.54, 1.807) is 7.05 Å². The van der Waals surface area contributed by atoms with Crippen LogP contribution in [0.5, 0.6) is 0 Å². The van der Waals surface area contributed by atoms with E-state index in [1.165, 1.54) is 11.1 Å². The Morgan fingerprint density at radius 1 is 1.35 bits per heavy atom. The van der Waals surface area contributed by atoms with Crippen molar-refractivity contribution in [2.75, 3.05) is 25.0 Å². The average molecular weight is 277 g/mol. The van der Waals surface area contributed by atoms with Crippen molar-refractivity contribution >= 4 is 11.6 Å². The summed E-state index contributed by atoms with van der Waals surface area (Å²) in [6.07, 6.45) is 0. The predicted molar refractivity (Wildman–Crippen MR) is 85.1 cm³/mol. The van der Waals surface area contributed by atoms with Crippen LogP contribution in [0.3, 0.4) is 0 Å². The summed E-state index contributed by atoms with van der Waals surface area (Å²) in [7, 11) is 1.67. The van der Waals surface area contributed by atoms with Gasteiger partial charge in [0, 0.05) is 31.9 Å². The van der Waals surface area contributed by atoms with Crippen LogP contribution in [-0.4, -0.2) is 32.1 Å².